The SMILES string of the molecule is Cc1cc(Br)c(F)cc1NC1=NC(c2ccccc2)CS1. The van der Waals surface area contributed by atoms with E-state index in [-0.39, 0.29) is 11.9 Å². The number of hydrogen-bond donors (Lipinski definition) is 1. The van der Waals surface area contributed by atoms with Crippen LogP contribution in [-0.4, -0.2) is 10.9 Å². The quantitative estimate of drug-likeness (QED) is 0.796. The summed E-state index contributed by atoms with van der Waals surface area (Å²) in [5.74, 6) is 0.635. The first kappa shape index (κ1) is 14.6. The van der Waals surface area contributed by atoms with Crippen molar-refractivity contribution >= 4 is 38.5 Å². The van der Waals surface area contributed by atoms with Crippen molar-refractivity contribution in [1.82, 2.24) is 0 Å². The summed E-state index contributed by atoms with van der Waals surface area (Å²) in [5.41, 5.74) is 2.95. The number of benzene rings is 2. The smallest absolute Gasteiger partial charge is 0.161 e. The van der Waals surface area contributed by atoms with Crippen molar-refractivity contribution in [3.8, 4) is 0 Å². The van der Waals surface area contributed by atoms with Crippen LogP contribution in [0.3, 0.4) is 0 Å². The number of rotatable bonds is 2. The zero-order valence-corrected chi connectivity index (χ0v) is 13.8. The molecule has 5 heteroatoms. The van der Waals surface area contributed by atoms with Gasteiger partial charge in [0, 0.05) is 11.4 Å². The molecule has 0 spiro atoms. The van der Waals surface area contributed by atoms with E-state index in [1.165, 1.54) is 11.6 Å². The van der Waals surface area contributed by atoms with Crippen LogP contribution in [0, 0.1) is 12.7 Å². The lowest BCUT2D eigenvalue weighted by Gasteiger charge is -2.09. The van der Waals surface area contributed by atoms with Crippen LogP contribution in [-0.2, 0) is 0 Å². The number of nitrogens with zero attached hydrogens (tertiary/aromatic N) is 1. The lowest BCUT2D eigenvalue weighted by atomic mass is 10.1. The summed E-state index contributed by atoms with van der Waals surface area (Å²) in [4.78, 5) is 4.68. The van der Waals surface area contributed by atoms with Gasteiger partial charge in [0.25, 0.3) is 0 Å². The Morgan fingerprint density at radius 2 is 2.05 bits per heavy atom. The molecule has 0 saturated carbocycles. The maximum atomic E-state index is 13.6. The number of aryl methyl sites for hydroxylation is 1. The van der Waals surface area contributed by atoms with Crippen LogP contribution in [0.15, 0.2) is 51.9 Å². The van der Waals surface area contributed by atoms with Crippen molar-refractivity contribution in [2.45, 2.75) is 13.0 Å². The van der Waals surface area contributed by atoms with E-state index in [9.17, 15) is 4.39 Å². The average Bonchev–Trinajstić information content (AvgIpc) is 2.94. The van der Waals surface area contributed by atoms with Gasteiger partial charge in [0.15, 0.2) is 5.17 Å². The van der Waals surface area contributed by atoms with Gasteiger partial charge in [-0.1, -0.05) is 42.1 Å². The van der Waals surface area contributed by atoms with E-state index in [1.807, 2.05) is 25.1 Å². The lowest BCUT2D eigenvalue weighted by molar-refractivity contribution is 0.621. The van der Waals surface area contributed by atoms with Gasteiger partial charge in [0.1, 0.15) is 5.82 Å². The topological polar surface area (TPSA) is 24.4 Å². The molecule has 0 amide bonds. The molecule has 0 aliphatic carbocycles. The van der Waals surface area contributed by atoms with Crippen molar-refractivity contribution in [3.63, 3.8) is 0 Å². The Labute approximate surface area is 136 Å². The molecule has 1 heterocycles. The highest BCUT2D eigenvalue weighted by atomic mass is 79.9. The fourth-order valence-corrected chi connectivity index (χ4v) is 3.61. The van der Waals surface area contributed by atoms with Crippen molar-refractivity contribution in [2.75, 3.05) is 11.1 Å². The highest BCUT2D eigenvalue weighted by Gasteiger charge is 2.20. The van der Waals surface area contributed by atoms with Crippen LogP contribution in [0.4, 0.5) is 10.1 Å². The van der Waals surface area contributed by atoms with E-state index < -0.39 is 0 Å². The lowest BCUT2D eigenvalue weighted by Crippen LogP contribution is -2.06. The number of hydrogen-bond acceptors (Lipinski definition) is 3. The zero-order valence-electron chi connectivity index (χ0n) is 11.4. The van der Waals surface area contributed by atoms with Gasteiger partial charge in [-0.3, -0.25) is 4.99 Å². The predicted octanol–water partition coefficient (Wildman–Crippen LogP) is 5.15. The van der Waals surface area contributed by atoms with Crippen molar-refractivity contribution in [1.29, 1.82) is 0 Å². The van der Waals surface area contributed by atoms with E-state index in [1.54, 1.807) is 17.8 Å². The molecule has 1 aliphatic rings. The Balaban J connectivity index is 1.79. The van der Waals surface area contributed by atoms with Gasteiger partial charge in [-0.15, -0.1) is 0 Å². The van der Waals surface area contributed by atoms with Crippen LogP contribution < -0.4 is 5.32 Å². The molecule has 0 fully saturated rings. The van der Waals surface area contributed by atoms with Gasteiger partial charge < -0.3 is 5.32 Å². The number of thioether (sulfide) groups is 1. The highest BCUT2D eigenvalue weighted by Crippen LogP contribution is 2.32. The van der Waals surface area contributed by atoms with Crippen LogP contribution in [0.5, 0.6) is 0 Å². The Bertz CT molecular complexity index is 688. The largest absolute Gasteiger partial charge is 0.335 e. The zero-order chi connectivity index (χ0) is 14.8. The van der Waals surface area contributed by atoms with Gasteiger partial charge in [-0.25, -0.2) is 4.39 Å². The summed E-state index contributed by atoms with van der Waals surface area (Å²) in [7, 11) is 0. The first-order valence-electron chi connectivity index (χ1n) is 6.61. The molecule has 1 N–H and O–H groups in total. The molecule has 1 atom stereocenters. The van der Waals surface area contributed by atoms with Gasteiger partial charge >= 0.3 is 0 Å². The van der Waals surface area contributed by atoms with Crippen LogP contribution >= 0.6 is 27.7 Å². The summed E-state index contributed by atoms with van der Waals surface area (Å²) in [6.45, 7) is 1.95. The summed E-state index contributed by atoms with van der Waals surface area (Å²) >= 11 is 4.86. The Morgan fingerprint density at radius 3 is 2.81 bits per heavy atom. The van der Waals surface area contributed by atoms with E-state index in [2.05, 4.69) is 38.4 Å². The molecule has 2 nitrogen and oxygen atoms in total. The summed E-state index contributed by atoms with van der Waals surface area (Å²) in [6, 6.07) is 13.7. The minimum absolute atomic E-state index is 0.166. The molecule has 0 radical (unpaired) electrons. The van der Waals surface area contributed by atoms with Crippen LogP contribution in [0.2, 0.25) is 0 Å². The molecule has 0 aromatic heterocycles. The average molecular weight is 365 g/mol. The molecule has 21 heavy (non-hydrogen) atoms. The Kier molecular flexibility index (Phi) is 4.31. The van der Waals surface area contributed by atoms with Crippen LogP contribution in [0.1, 0.15) is 17.2 Å². The molecule has 108 valence electrons. The maximum absolute atomic E-state index is 13.6. The molecule has 1 unspecified atom stereocenters. The molecular formula is C16H14BrFN2S. The van der Waals surface area contributed by atoms with Gasteiger partial charge in [0.2, 0.25) is 0 Å². The molecular weight excluding hydrogens is 351 g/mol. The fourth-order valence-electron chi connectivity index (χ4n) is 2.18. The second kappa shape index (κ2) is 6.20. The standard InChI is InChI=1S/C16H14BrFN2S/c1-10-7-12(17)13(18)8-14(10)19-16-20-15(9-21-16)11-5-3-2-4-6-11/h2-8,15H,9H2,1H3,(H,19,20). The normalized spacial score (nSPS) is 17.7. The van der Waals surface area contributed by atoms with E-state index in [0.29, 0.717) is 4.47 Å². The van der Waals surface area contributed by atoms with Gasteiger partial charge in [-0.05, 0) is 46.1 Å². The summed E-state index contributed by atoms with van der Waals surface area (Å²) in [6.07, 6.45) is 0. The second-order valence-corrected chi connectivity index (χ2v) is 6.74. The van der Waals surface area contributed by atoms with Gasteiger partial charge in [-0.2, -0.15) is 0 Å². The Morgan fingerprint density at radius 1 is 1.29 bits per heavy atom. The Hall–Kier alpha value is -1.33. The van der Waals surface area contributed by atoms with Crippen LogP contribution in [0.25, 0.3) is 0 Å². The number of anilines is 1. The maximum Gasteiger partial charge on any atom is 0.161 e. The minimum atomic E-state index is -0.272. The molecule has 0 saturated heterocycles. The molecule has 2 aromatic rings. The van der Waals surface area contributed by atoms with E-state index in [0.717, 1.165) is 22.2 Å². The van der Waals surface area contributed by atoms with Crippen molar-refractivity contribution < 1.29 is 4.39 Å². The second-order valence-electron chi connectivity index (χ2n) is 4.88. The number of halogens is 2. The molecule has 3 rings (SSSR count). The fraction of sp³-hybridized carbons (Fsp3) is 0.188. The third-order valence-electron chi connectivity index (χ3n) is 3.34. The third kappa shape index (κ3) is 3.30. The van der Waals surface area contributed by atoms with Crippen molar-refractivity contribution in [3.05, 3.63) is 63.9 Å². The first-order chi connectivity index (χ1) is 10.1. The number of aliphatic imine (C=N–C) groups is 1. The molecule has 1 aliphatic heterocycles. The van der Waals surface area contributed by atoms with E-state index >= 15 is 0 Å². The predicted molar refractivity (Wildman–Crippen MR) is 91.5 cm³/mol. The molecule has 0 bridgehead atoms. The minimum Gasteiger partial charge on any atom is -0.335 e. The molecule has 2 aromatic carbocycles. The third-order valence-corrected chi connectivity index (χ3v) is 4.92. The van der Waals surface area contributed by atoms with Crippen molar-refractivity contribution in [2.24, 2.45) is 4.99 Å². The van der Waals surface area contributed by atoms with E-state index in [4.69, 9.17) is 0 Å². The first-order valence-corrected chi connectivity index (χ1v) is 8.39. The number of nitrogens with one attached hydrogen (secondary N) is 1. The monoisotopic (exact) mass is 364 g/mol. The summed E-state index contributed by atoms with van der Waals surface area (Å²) in [5, 5.41) is 4.07. The van der Waals surface area contributed by atoms with Gasteiger partial charge in [0.05, 0.1) is 10.5 Å². The summed E-state index contributed by atoms with van der Waals surface area (Å²) < 4.78 is 14.1. The highest BCUT2D eigenvalue weighted by molar-refractivity contribution is 9.10. The number of amidine groups is 1.